The summed E-state index contributed by atoms with van der Waals surface area (Å²) in [5.41, 5.74) is 0.968. The fraction of sp³-hybridized carbons (Fsp3) is 0.125. The first-order valence-corrected chi connectivity index (χ1v) is 7.51. The number of halogens is 1. The van der Waals surface area contributed by atoms with E-state index in [4.69, 9.17) is 4.42 Å². The molecule has 114 valence electrons. The third-order valence-electron chi connectivity index (χ3n) is 2.74. The Labute approximate surface area is 136 Å². The molecule has 0 saturated heterocycles. The molecule has 0 bridgehead atoms. The number of rotatable bonds is 5. The van der Waals surface area contributed by atoms with Gasteiger partial charge in [0.25, 0.3) is 11.8 Å². The Bertz CT molecular complexity index is 692. The van der Waals surface area contributed by atoms with Crippen LogP contribution in [0.1, 0.15) is 23.0 Å². The minimum atomic E-state index is -0.487. The molecule has 1 heterocycles. The second-order valence-electron chi connectivity index (χ2n) is 4.39. The summed E-state index contributed by atoms with van der Waals surface area (Å²) in [5.74, 6) is -0.723. The molecule has 0 aliphatic heterocycles. The van der Waals surface area contributed by atoms with Crippen molar-refractivity contribution >= 4 is 33.8 Å². The molecule has 2 rings (SSSR count). The van der Waals surface area contributed by atoms with Crippen molar-refractivity contribution in [3.05, 3.63) is 64.2 Å². The van der Waals surface area contributed by atoms with Gasteiger partial charge in [0.15, 0.2) is 10.4 Å². The van der Waals surface area contributed by atoms with Crippen molar-refractivity contribution < 1.29 is 14.0 Å². The van der Waals surface area contributed by atoms with Gasteiger partial charge in [-0.1, -0.05) is 30.3 Å². The van der Waals surface area contributed by atoms with E-state index in [-0.39, 0.29) is 17.4 Å². The minimum absolute atomic E-state index is 0.120. The highest BCUT2D eigenvalue weighted by molar-refractivity contribution is 9.10. The zero-order chi connectivity index (χ0) is 15.9. The van der Waals surface area contributed by atoms with Gasteiger partial charge in [0.2, 0.25) is 0 Å². The van der Waals surface area contributed by atoms with Gasteiger partial charge >= 0.3 is 0 Å². The van der Waals surface area contributed by atoms with E-state index in [9.17, 15) is 9.59 Å². The normalized spacial score (nSPS) is 11.1. The zero-order valence-electron chi connectivity index (χ0n) is 11.9. The Morgan fingerprint density at radius 3 is 2.50 bits per heavy atom. The first-order chi connectivity index (χ1) is 10.6. The lowest BCUT2D eigenvalue weighted by Crippen LogP contribution is -2.34. The van der Waals surface area contributed by atoms with Gasteiger partial charge < -0.3 is 15.1 Å². The number of benzene rings is 1. The molecule has 2 N–H and O–H groups in total. The number of carbonyl (C=O) groups excluding carboxylic acids is 2. The third kappa shape index (κ3) is 4.33. The standard InChI is InChI=1S/C16H15BrN2O3/c1-2-18-15(20)12(10-11-6-4-3-5-7-11)19-16(21)13-8-9-14(17)22-13/h3-10H,2H2,1H3,(H,18,20)(H,19,21)/b12-10-. The Kier molecular flexibility index (Phi) is 5.55. The summed E-state index contributed by atoms with van der Waals surface area (Å²) < 4.78 is 5.63. The van der Waals surface area contributed by atoms with Crippen LogP contribution in [0.4, 0.5) is 0 Å². The summed E-state index contributed by atoms with van der Waals surface area (Å²) in [7, 11) is 0. The van der Waals surface area contributed by atoms with Gasteiger partial charge in [0, 0.05) is 6.54 Å². The topological polar surface area (TPSA) is 71.3 Å². The van der Waals surface area contributed by atoms with Crippen molar-refractivity contribution in [1.29, 1.82) is 0 Å². The smallest absolute Gasteiger partial charge is 0.291 e. The zero-order valence-corrected chi connectivity index (χ0v) is 13.5. The van der Waals surface area contributed by atoms with Crippen molar-refractivity contribution in [2.24, 2.45) is 0 Å². The van der Waals surface area contributed by atoms with E-state index in [2.05, 4.69) is 26.6 Å². The van der Waals surface area contributed by atoms with Crippen LogP contribution in [0, 0.1) is 0 Å². The van der Waals surface area contributed by atoms with Crippen molar-refractivity contribution in [1.82, 2.24) is 10.6 Å². The van der Waals surface area contributed by atoms with Gasteiger partial charge in [-0.25, -0.2) is 0 Å². The molecular weight excluding hydrogens is 348 g/mol. The molecule has 1 aromatic carbocycles. The lowest BCUT2D eigenvalue weighted by atomic mass is 10.2. The monoisotopic (exact) mass is 362 g/mol. The highest BCUT2D eigenvalue weighted by atomic mass is 79.9. The number of likely N-dealkylation sites (N-methyl/N-ethyl adjacent to an activating group) is 1. The molecule has 0 aliphatic carbocycles. The van der Waals surface area contributed by atoms with E-state index < -0.39 is 5.91 Å². The van der Waals surface area contributed by atoms with E-state index in [0.29, 0.717) is 11.2 Å². The first-order valence-electron chi connectivity index (χ1n) is 6.71. The van der Waals surface area contributed by atoms with Crippen LogP contribution < -0.4 is 10.6 Å². The van der Waals surface area contributed by atoms with Crippen molar-refractivity contribution in [2.45, 2.75) is 6.92 Å². The molecule has 22 heavy (non-hydrogen) atoms. The lowest BCUT2D eigenvalue weighted by Gasteiger charge is -2.09. The van der Waals surface area contributed by atoms with E-state index in [1.807, 2.05) is 37.3 Å². The van der Waals surface area contributed by atoms with Crippen LogP contribution in [0.2, 0.25) is 0 Å². The molecule has 0 saturated carbocycles. The SMILES string of the molecule is CCNC(=O)/C(=C/c1ccccc1)NC(=O)c1ccc(Br)o1. The van der Waals surface area contributed by atoms with Gasteiger partial charge in [-0.15, -0.1) is 0 Å². The highest BCUT2D eigenvalue weighted by Gasteiger charge is 2.16. The van der Waals surface area contributed by atoms with Crippen LogP contribution in [0.5, 0.6) is 0 Å². The van der Waals surface area contributed by atoms with Gasteiger partial charge in [0.1, 0.15) is 5.70 Å². The summed E-state index contributed by atoms with van der Waals surface area (Å²) in [6, 6.07) is 12.4. The Morgan fingerprint density at radius 1 is 1.18 bits per heavy atom. The second kappa shape index (κ2) is 7.61. The van der Waals surface area contributed by atoms with Gasteiger partial charge in [0.05, 0.1) is 0 Å². The van der Waals surface area contributed by atoms with E-state index in [1.54, 1.807) is 12.1 Å². The number of furan rings is 1. The van der Waals surface area contributed by atoms with Gasteiger partial charge in [-0.05, 0) is 46.6 Å². The summed E-state index contributed by atoms with van der Waals surface area (Å²) in [6.45, 7) is 2.27. The Hall–Kier alpha value is -2.34. The maximum Gasteiger partial charge on any atom is 0.291 e. The number of nitrogens with one attached hydrogen (secondary N) is 2. The van der Waals surface area contributed by atoms with Crippen LogP contribution in [-0.4, -0.2) is 18.4 Å². The second-order valence-corrected chi connectivity index (χ2v) is 5.17. The number of carbonyl (C=O) groups is 2. The van der Waals surface area contributed by atoms with Crippen LogP contribution in [0.3, 0.4) is 0 Å². The van der Waals surface area contributed by atoms with Crippen LogP contribution in [0.25, 0.3) is 6.08 Å². The fourth-order valence-corrected chi connectivity index (χ4v) is 2.06. The molecule has 2 aromatic rings. The Balaban J connectivity index is 2.23. The molecular formula is C16H15BrN2O3. The third-order valence-corrected chi connectivity index (χ3v) is 3.16. The quantitative estimate of drug-likeness (QED) is 0.803. The maximum absolute atomic E-state index is 12.1. The average molecular weight is 363 g/mol. The average Bonchev–Trinajstić information content (AvgIpc) is 2.94. The lowest BCUT2D eigenvalue weighted by molar-refractivity contribution is -0.117. The number of hydrogen-bond donors (Lipinski definition) is 2. The van der Waals surface area contributed by atoms with Crippen molar-refractivity contribution in [2.75, 3.05) is 6.54 Å². The minimum Gasteiger partial charge on any atom is -0.444 e. The molecule has 2 amide bonds. The molecule has 0 fully saturated rings. The molecule has 1 aromatic heterocycles. The Morgan fingerprint density at radius 2 is 1.91 bits per heavy atom. The summed E-state index contributed by atoms with van der Waals surface area (Å²) >= 11 is 3.13. The summed E-state index contributed by atoms with van der Waals surface area (Å²) in [6.07, 6.45) is 1.61. The van der Waals surface area contributed by atoms with Crippen molar-refractivity contribution in [3.63, 3.8) is 0 Å². The van der Waals surface area contributed by atoms with Crippen molar-refractivity contribution in [3.8, 4) is 0 Å². The predicted molar refractivity (Wildman–Crippen MR) is 87.0 cm³/mol. The fourth-order valence-electron chi connectivity index (χ4n) is 1.75. The van der Waals surface area contributed by atoms with Crippen LogP contribution in [0.15, 0.2) is 57.2 Å². The summed E-state index contributed by atoms with van der Waals surface area (Å²) in [4.78, 5) is 24.2. The van der Waals surface area contributed by atoms with Crippen LogP contribution >= 0.6 is 15.9 Å². The van der Waals surface area contributed by atoms with E-state index >= 15 is 0 Å². The van der Waals surface area contributed by atoms with E-state index in [0.717, 1.165) is 5.56 Å². The molecule has 0 aliphatic rings. The molecule has 0 radical (unpaired) electrons. The van der Waals surface area contributed by atoms with E-state index in [1.165, 1.54) is 6.07 Å². The largest absolute Gasteiger partial charge is 0.444 e. The molecule has 0 unspecified atom stereocenters. The van der Waals surface area contributed by atoms with Gasteiger partial charge in [-0.2, -0.15) is 0 Å². The van der Waals surface area contributed by atoms with Crippen LogP contribution in [-0.2, 0) is 4.79 Å². The predicted octanol–water partition coefficient (Wildman–Crippen LogP) is 2.95. The molecule has 0 spiro atoms. The number of amides is 2. The number of hydrogen-bond acceptors (Lipinski definition) is 3. The first kappa shape index (κ1) is 16.0. The van der Waals surface area contributed by atoms with Gasteiger partial charge in [-0.3, -0.25) is 9.59 Å². The highest BCUT2D eigenvalue weighted by Crippen LogP contribution is 2.14. The molecule has 6 heteroatoms. The molecule has 5 nitrogen and oxygen atoms in total. The molecule has 0 atom stereocenters. The summed E-state index contributed by atoms with van der Waals surface area (Å²) in [5, 5.41) is 5.24. The maximum atomic E-state index is 12.1.